The molecule has 6 heteroatoms. The maximum Gasteiger partial charge on any atom is 0.306 e. The molecule has 3 rings (SSSR count). The fourth-order valence-corrected chi connectivity index (χ4v) is 2.92. The van der Waals surface area contributed by atoms with Crippen LogP contribution in [0.3, 0.4) is 0 Å². The van der Waals surface area contributed by atoms with Crippen molar-refractivity contribution >= 4 is 23.0 Å². The van der Waals surface area contributed by atoms with E-state index in [1.54, 1.807) is 0 Å². The first-order chi connectivity index (χ1) is 14.0. The molecule has 6 nitrogen and oxygen atoms in total. The van der Waals surface area contributed by atoms with Crippen molar-refractivity contribution in [3.63, 3.8) is 0 Å². The lowest BCUT2D eigenvalue weighted by Gasteiger charge is -2.08. The largest absolute Gasteiger partial charge is 0.456 e. The second-order valence-electron chi connectivity index (χ2n) is 7.23. The van der Waals surface area contributed by atoms with Crippen molar-refractivity contribution in [3.05, 3.63) is 65.5 Å². The van der Waals surface area contributed by atoms with Crippen LogP contribution in [0.4, 0.5) is 0 Å². The standard InChI is InChI=1S/C23H26N2O4/c1-16(2)18-9-7-17(8-10-18)13-14-24-21(26)15-28-23(27)12-11-22-25-19-5-3-4-6-20(19)29-22/h3-10,16H,11-15H2,1-2H3,(H,24,26). The van der Waals surface area contributed by atoms with Gasteiger partial charge in [-0.1, -0.05) is 50.2 Å². The number of nitrogens with one attached hydrogen (secondary N) is 1. The molecule has 0 aliphatic carbocycles. The summed E-state index contributed by atoms with van der Waals surface area (Å²) in [6.45, 7) is 4.53. The van der Waals surface area contributed by atoms with Gasteiger partial charge in [0, 0.05) is 13.0 Å². The summed E-state index contributed by atoms with van der Waals surface area (Å²) in [5, 5.41) is 2.77. The van der Waals surface area contributed by atoms with E-state index in [1.807, 2.05) is 24.3 Å². The van der Waals surface area contributed by atoms with Gasteiger partial charge in [0.25, 0.3) is 5.91 Å². The van der Waals surface area contributed by atoms with E-state index >= 15 is 0 Å². The first-order valence-electron chi connectivity index (χ1n) is 9.87. The number of hydrogen-bond acceptors (Lipinski definition) is 5. The molecule has 0 radical (unpaired) electrons. The Morgan fingerprint density at radius 3 is 2.55 bits per heavy atom. The van der Waals surface area contributed by atoms with Crippen molar-refractivity contribution in [2.24, 2.45) is 0 Å². The van der Waals surface area contributed by atoms with Crippen LogP contribution in [-0.2, 0) is 27.2 Å². The van der Waals surface area contributed by atoms with E-state index in [0.29, 0.717) is 30.4 Å². The normalized spacial score (nSPS) is 11.0. The molecule has 152 valence electrons. The third-order valence-corrected chi connectivity index (χ3v) is 4.63. The Morgan fingerprint density at radius 2 is 1.83 bits per heavy atom. The van der Waals surface area contributed by atoms with Crippen LogP contribution in [0.2, 0.25) is 0 Å². The summed E-state index contributed by atoms with van der Waals surface area (Å²) < 4.78 is 10.6. The summed E-state index contributed by atoms with van der Waals surface area (Å²) in [7, 11) is 0. The zero-order valence-electron chi connectivity index (χ0n) is 16.8. The van der Waals surface area contributed by atoms with Crippen LogP contribution in [0.5, 0.6) is 0 Å². The van der Waals surface area contributed by atoms with Gasteiger partial charge in [-0.25, -0.2) is 4.98 Å². The van der Waals surface area contributed by atoms with Gasteiger partial charge in [0.1, 0.15) is 5.52 Å². The van der Waals surface area contributed by atoms with Gasteiger partial charge in [0.05, 0.1) is 6.42 Å². The Bertz CT molecular complexity index is 927. The number of aryl methyl sites for hydroxylation is 1. The van der Waals surface area contributed by atoms with Gasteiger partial charge in [-0.15, -0.1) is 0 Å². The number of benzene rings is 2. The lowest BCUT2D eigenvalue weighted by molar-refractivity contribution is -0.148. The number of esters is 1. The Kier molecular flexibility index (Phi) is 7.00. The highest BCUT2D eigenvalue weighted by molar-refractivity contribution is 5.80. The molecule has 1 N–H and O–H groups in total. The molecular formula is C23H26N2O4. The molecule has 29 heavy (non-hydrogen) atoms. The van der Waals surface area contributed by atoms with E-state index < -0.39 is 5.97 Å². The molecule has 3 aromatic rings. The molecule has 0 bridgehead atoms. The molecule has 2 aromatic carbocycles. The molecular weight excluding hydrogens is 368 g/mol. The summed E-state index contributed by atoms with van der Waals surface area (Å²) in [4.78, 5) is 28.0. The maximum atomic E-state index is 11.9. The fourth-order valence-electron chi connectivity index (χ4n) is 2.92. The topological polar surface area (TPSA) is 81.4 Å². The number of aromatic nitrogens is 1. The second kappa shape index (κ2) is 9.87. The highest BCUT2D eigenvalue weighted by Crippen LogP contribution is 2.16. The maximum absolute atomic E-state index is 11.9. The van der Waals surface area contributed by atoms with Crippen molar-refractivity contribution in [3.8, 4) is 0 Å². The van der Waals surface area contributed by atoms with Crippen LogP contribution in [0.25, 0.3) is 11.1 Å². The van der Waals surface area contributed by atoms with E-state index in [4.69, 9.17) is 9.15 Å². The van der Waals surface area contributed by atoms with Crippen molar-refractivity contribution in [2.45, 2.75) is 39.0 Å². The van der Waals surface area contributed by atoms with Gasteiger partial charge in [0.2, 0.25) is 0 Å². The molecule has 0 unspecified atom stereocenters. The number of carbonyl (C=O) groups excluding carboxylic acids is 2. The molecule has 0 saturated heterocycles. The Balaban J connectivity index is 1.32. The lowest BCUT2D eigenvalue weighted by Crippen LogP contribution is -2.30. The fraction of sp³-hybridized carbons (Fsp3) is 0.348. The summed E-state index contributed by atoms with van der Waals surface area (Å²) >= 11 is 0. The zero-order valence-corrected chi connectivity index (χ0v) is 16.8. The number of nitrogens with zero attached hydrogens (tertiary/aromatic N) is 1. The number of oxazole rings is 1. The van der Waals surface area contributed by atoms with Gasteiger partial charge in [-0.3, -0.25) is 9.59 Å². The number of hydrogen-bond donors (Lipinski definition) is 1. The highest BCUT2D eigenvalue weighted by Gasteiger charge is 2.11. The molecule has 1 aromatic heterocycles. The molecule has 0 spiro atoms. The van der Waals surface area contributed by atoms with E-state index in [2.05, 4.69) is 48.4 Å². The predicted molar refractivity (Wildman–Crippen MR) is 111 cm³/mol. The van der Waals surface area contributed by atoms with Gasteiger partial charge < -0.3 is 14.5 Å². The van der Waals surface area contributed by atoms with Crippen LogP contribution in [0, 0.1) is 0 Å². The van der Waals surface area contributed by atoms with Gasteiger partial charge in [0.15, 0.2) is 18.1 Å². The Hall–Kier alpha value is -3.15. The molecule has 0 atom stereocenters. The highest BCUT2D eigenvalue weighted by atomic mass is 16.5. The Labute approximate surface area is 170 Å². The molecule has 1 heterocycles. The van der Waals surface area contributed by atoms with Crippen LogP contribution in [0.1, 0.15) is 43.2 Å². The number of fused-ring (bicyclic) bond motifs is 1. The third kappa shape index (κ3) is 6.17. The van der Waals surface area contributed by atoms with Crippen LogP contribution in [0.15, 0.2) is 52.9 Å². The third-order valence-electron chi connectivity index (χ3n) is 4.63. The number of para-hydroxylation sites is 2. The molecule has 0 aliphatic rings. The minimum absolute atomic E-state index is 0.113. The molecule has 1 amide bonds. The summed E-state index contributed by atoms with van der Waals surface area (Å²) in [5.74, 6) is 0.225. The average Bonchev–Trinajstić information content (AvgIpc) is 3.14. The SMILES string of the molecule is CC(C)c1ccc(CCNC(=O)COC(=O)CCc2nc3ccccc3o2)cc1. The van der Waals surface area contributed by atoms with E-state index in [-0.39, 0.29) is 18.9 Å². The quantitative estimate of drug-likeness (QED) is 0.559. The summed E-state index contributed by atoms with van der Waals surface area (Å²) in [6, 6.07) is 15.8. The van der Waals surface area contributed by atoms with Crippen molar-refractivity contribution in [2.75, 3.05) is 13.2 Å². The van der Waals surface area contributed by atoms with Gasteiger partial charge in [-0.05, 0) is 35.6 Å². The molecule has 0 fully saturated rings. The van der Waals surface area contributed by atoms with Gasteiger partial charge >= 0.3 is 5.97 Å². The smallest absolute Gasteiger partial charge is 0.306 e. The zero-order chi connectivity index (χ0) is 20.6. The molecule has 0 aliphatic heterocycles. The van der Waals surface area contributed by atoms with Crippen molar-refractivity contribution < 1.29 is 18.7 Å². The first-order valence-corrected chi connectivity index (χ1v) is 9.87. The predicted octanol–water partition coefficient (Wildman–Crippen LogP) is 3.79. The van der Waals surface area contributed by atoms with Crippen molar-refractivity contribution in [1.29, 1.82) is 0 Å². The monoisotopic (exact) mass is 394 g/mol. The lowest BCUT2D eigenvalue weighted by atomic mass is 10.0. The summed E-state index contributed by atoms with van der Waals surface area (Å²) in [5.41, 5.74) is 3.90. The second-order valence-corrected chi connectivity index (χ2v) is 7.23. The van der Waals surface area contributed by atoms with Crippen LogP contribution < -0.4 is 5.32 Å². The minimum atomic E-state index is -0.452. The van der Waals surface area contributed by atoms with E-state index in [0.717, 1.165) is 17.5 Å². The van der Waals surface area contributed by atoms with Crippen LogP contribution >= 0.6 is 0 Å². The number of ether oxygens (including phenoxy) is 1. The average molecular weight is 394 g/mol. The van der Waals surface area contributed by atoms with E-state index in [9.17, 15) is 9.59 Å². The number of amides is 1. The van der Waals surface area contributed by atoms with Gasteiger partial charge in [-0.2, -0.15) is 0 Å². The number of rotatable bonds is 9. The van der Waals surface area contributed by atoms with Crippen molar-refractivity contribution in [1.82, 2.24) is 10.3 Å². The van der Waals surface area contributed by atoms with Crippen LogP contribution in [-0.4, -0.2) is 30.0 Å². The first kappa shape index (κ1) is 20.6. The number of carbonyl (C=O) groups is 2. The summed E-state index contributed by atoms with van der Waals surface area (Å²) in [6.07, 6.45) is 1.18. The minimum Gasteiger partial charge on any atom is -0.456 e. The van der Waals surface area contributed by atoms with E-state index in [1.165, 1.54) is 5.56 Å². The molecule has 0 saturated carbocycles. The Morgan fingerprint density at radius 1 is 1.07 bits per heavy atom.